The summed E-state index contributed by atoms with van der Waals surface area (Å²) in [5, 5.41) is 22.5. The zero-order chi connectivity index (χ0) is 25.1. The van der Waals surface area contributed by atoms with E-state index < -0.39 is 0 Å². The SMILES string of the molecule is CC(C)CCc1cc(Cc2cc(CCC(C)C)cc(C(C)(C)C)c2O)c(O)c(C(C)(C)C)c1. The van der Waals surface area contributed by atoms with Crippen molar-refractivity contribution in [2.75, 3.05) is 0 Å². The van der Waals surface area contributed by atoms with Gasteiger partial charge < -0.3 is 10.2 Å². The van der Waals surface area contributed by atoms with Gasteiger partial charge in [-0.25, -0.2) is 0 Å². The van der Waals surface area contributed by atoms with Gasteiger partial charge in [-0.15, -0.1) is 0 Å². The van der Waals surface area contributed by atoms with Crippen LogP contribution in [0, 0.1) is 11.8 Å². The molecule has 0 saturated carbocycles. The summed E-state index contributed by atoms with van der Waals surface area (Å²) >= 11 is 0. The van der Waals surface area contributed by atoms with Crippen LogP contribution in [0.1, 0.15) is 115 Å². The molecule has 0 aliphatic carbocycles. The minimum Gasteiger partial charge on any atom is -0.507 e. The maximum absolute atomic E-state index is 11.3. The molecule has 0 aromatic heterocycles. The molecule has 2 nitrogen and oxygen atoms in total. The summed E-state index contributed by atoms with van der Waals surface area (Å²) in [7, 11) is 0. The second kappa shape index (κ2) is 10.5. The highest BCUT2D eigenvalue weighted by atomic mass is 16.3. The van der Waals surface area contributed by atoms with E-state index in [0.29, 0.717) is 29.8 Å². The molecule has 2 heteroatoms. The summed E-state index contributed by atoms with van der Waals surface area (Å²) < 4.78 is 0. The molecule has 0 amide bonds. The first kappa shape index (κ1) is 27.3. The first-order chi connectivity index (χ1) is 15.1. The lowest BCUT2D eigenvalue weighted by molar-refractivity contribution is 0.434. The molecule has 0 fully saturated rings. The minimum atomic E-state index is -0.148. The Morgan fingerprint density at radius 1 is 0.606 bits per heavy atom. The van der Waals surface area contributed by atoms with Gasteiger partial charge in [0.05, 0.1) is 0 Å². The lowest BCUT2D eigenvalue weighted by Gasteiger charge is -2.25. The summed E-state index contributed by atoms with van der Waals surface area (Å²) in [4.78, 5) is 0. The fraction of sp³-hybridized carbons (Fsp3) is 0.613. The number of aryl methyl sites for hydroxylation is 2. The van der Waals surface area contributed by atoms with E-state index >= 15 is 0 Å². The second-order valence-corrected chi connectivity index (χ2v) is 12.8. The predicted octanol–water partition coefficient (Wildman–Crippen LogP) is 8.46. The van der Waals surface area contributed by atoms with Crippen molar-refractivity contribution in [2.24, 2.45) is 11.8 Å². The Labute approximate surface area is 203 Å². The summed E-state index contributed by atoms with van der Waals surface area (Å²) in [5.41, 5.74) is 6.06. The molecule has 0 aliphatic rings. The molecular weight excluding hydrogens is 404 g/mol. The van der Waals surface area contributed by atoms with Crippen molar-refractivity contribution < 1.29 is 10.2 Å². The van der Waals surface area contributed by atoms with Crippen molar-refractivity contribution in [3.8, 4) is 11.5 Å². The molecule has 2 aromatic rings. The Hall–Kier alpha value is -1.96. The van der Waals surface area contributed by atoms with E-state index in [4.69, 9.17) is 0 Å². The molecule has 0 atom stereocenters. The van der Waals surface area contributed by atoms with Crippen molar-refractivity contribution >= 4 is 0 Å². The standard InChI is InChI=1S/C31H48O2/c1-20(2)11-13-22-15-24(28(32)26(17-22)30(5,6)7)19-25-16-23(14-12-21(3)4)18-27(29(25)33)31(8,9)10/h15-18,20-21,32-33H,11-14,19H2,1-10H3. The van der Waals surface area contributed by atoms with Crippen LogP contribution in [-0.2, 0) is 30.1 Å². The molecule has 0 saturated heterocycles. The highest BCUT2D eigenvalue weighted by molar-refractivity contribution is 5.53. The van der Waals surface area contributed by atoms with Crippen LogP contribution in [-0.4, -0.2) is 10.2 Å². The highest BCUT2D eigenvalue weighted by Crippen LogP contribution is 2.40. The number of phenolic OH excluding ortho intramolecular Hbond substituents is 2. The Bertz CT molecular complexity index is 859. The molecule has 0 spiro atoms. The topological polar surface area (TPSA) is 40.5 Å². The van der Waals surface area contributed by atoms with Gasteiger partial charge in [-0.1, -0.05) is 93.5 Å². The van der Waals surface area contributed by atoms with Crippen LogP contribution >= 0.6 is 0 Å². The largest absolute Gasteiger partial charge is 0.507 e. The number of benzene rings is 2. The van der Waals surface area contributed by atoms with Crippen LogP contribution in [0.25, 0.3) is 0 Å². The lowest BCUT2D eigenvalue weighted by atomic mass is 9.80. The first-order valence-electron chi connectivity index (χ1n) is 12.8. The smallest absolute Gasteiger partial charge is 0.122 e. The predicted molar refractivity (Wildman–Crippen MR) is 143 cm³/mol. The molecule has 2 N–H and O–H groups in total. The molecule has 0 bridgehead atoms. The molecule has 33 heavy (non-hydrogen) atoms. The summed E-state index contributed by atoms with van der Waals surface area (Å²) in [5.74, 6) is 2.02. The normalized spacial score (nSPS) is 12.7. The fourth-order valence-corrected chi connectivity index (χ4v) is 4.34. The maximum Gasteiger partial charge on any atom is 0.122 e. The zero-order valence-corrected chi connectivity index (χ0v) is 22.9. The third kappa shape index (κ3) is 7.52. The number of rotatable bonds is 8. The molecule has 2 rings (SSSR count). The molecular formula is C31H48O2. The van der Waals surface area contributed by atoms with E-state index in [-0.39, 0.29) is 10.8 Å². The van der Waals surface area contributed by atoms with E-state index in [1.54, 1.807) is 0 Å². The average Bonchev–Trinajstić information content (AvgIpc) is 2.66. The van der Waals surface area contributed by atoms with Gasteiger partial charge in [0, 0.05) is 6.42 Å². The number of phenols is 2. The number of hydrogen-bond acceptors (Lipinski definition) is 2. The minimum absolute atomic E-state index is 0.148. The van der Waals surface area contributed by atoms with Crippen molar-refractivity contribution in [3.05, 3.63) is 57.6 Å². The van der Waals surface area contributed by atoms with Crippen LogP contribution in [0.5, 0.6) is 11.5 Å². The highest BCUT2D eigenvalue weighted by Gasteiger charge is 2.25. The van der Waals surface area contributed by atoms with Crippen molar-refractivity contribution in [3.63, 3.8) is 0 Å². The molecule has 0 unspecified atom stereocenters. The Kier molecular flexibility index (Phi) is 8.71. The average molecular weight is 453 g/mol. The summed E-state index contributed by atoms with van der Waals surface area (Å²) in [6.45, 7) is 21.9. The molecule has 0 heterocycles. The van der Waals surface area contributed by atoms with Gasteiger partial charge in [0.1, 0.15) is 11.5 Å². The third-order valence-corrected chi connectivity index (χ3v) is 6.51. The summed E-state index contributed by atoms with van der Waals surface area (Å²) in [6, 6.07) is 8.68. The molecule has 0 aliphatic heterocycles. The molecule has 184 valence electrons. The van der Waals surface area contributed by atoms with Gasteiger partial charge >= 0.3 is 0 Å². The van der Waals surface area contributed by atoms with Gasteiger partial charge in [-0.05, 0) is 81.7 Å². The van der Waals surface area contributed by atoms with Crippen LogP contribution in [0.15, 0.2) is 24.3 Å². The van der Waals surface area contributed by atoms with E-state index in [2.05, 4.69) is 93.5 Å². The van der Waals surface area contributed by atoms with Crippen LogP contribution in [0.2, 0.25) is 0 Å². The zero-order valence-electron chi connectivity index (χ0n) is 22.9. The quantitative estimate of drug-likeness (QED) is 0.422. The molecule has 2 aromatic carbocycles. The van der Waals surface area contributed by atoms with Gasteiger partial charge in [-0.2, -0.15) is 0 Å². The van der Waals surface area contributed by atoms with E-state index in [1.165, 1.54) is 11.1 Å². The van der Waals surface area contributed by atoms with Crippen molar-refractivity contribution in [1.29, 1.82) is 0 Å². The fourth-order valence-electron chi connectivity index (χ4n) is 4.34. The van der Waals surface area contributed by atoms with Gasteiger partial charge in [0.25, 0.3) is 0 Å². The number of aromatic hydroxyl groups is 2. The van der Waals surface area contributed by atoms with Crippen LogP contribution in [0.4, 0.5) is 0 Å². The van der Waals surface area contributed by atoms with Crippen molar-refractivity contribution in [2.45, 2.75) is 112 Å². The van der Waals surface area contributed by atoms with Crippen molar-refractivity contribution in [1.82, 2.24) is 0 Å². The molecule has 0 radical (unpaired) electrons. The lowest BCUT2D eigenvalue weighted by Crippen LogP contribution is -2.14. The van der Waals surface area contributed by atoms with Gasteiger partial charge in [0.2, 0.25) is 0 Å². The van der Waals surface area contributed by atoms with Gasteiger partial charge in [0.15, 0.2) is 0 Å². The van der Waals surface area contributed by atoms with E-state index in [0.717, 1.165) is 47.9 Å². The van der Waals surface area contributed by atoms with E-state index in [9.17, 15) is 10.2 Å². The van der Waals surface area contributed by atoms with Crippen LogP contribution < -0.4 is 0 Å². The maximum atomic E-state index is 11.3. The van der Waals surface area contributed by atoms with E-state index in [1.807, 2.05) is 0 Å². The van der Waals surface area contributed by atoms with Crippen LogP contribution in [0.3, 0.4) is 0 Å². The third-order valence-electron chi connectivity index (χ3n) is 6.51. The first-order valence-corrected chi connectivity index (χ1v) is 12.8. The Morgan fingerprint density at radius 2 is 0.939 bits per heavy atom. The second-order valence-electron chi connectivity index (χ2n) is 12.8. The monoisotopic (exact) mass is 452 g/mol. The summed E-state index contributed by atoms with van der Waals surface area (Å²) in [6.07, 6.45) is 4.79. The van der Waals surface area contributed by atoms with Gasteiger partial charge in [-0.3, -0.25) is 0 Å². The Morgan fingerprint density at radius 3 is 1.21 bits per heavy atom. The Balaban J connectivity index is 2.59. The number of hydrogen-bond donors (Lipinski definition) is 2.